The molecule has 3 heteroatoms. The Balaban J connectivity index is 1.74. The molecule has 3 nitrogen and oxygen atoms in total. The van der Waals surface area contributed by atoms with Gasteiger partial charge in [0.2, 0.25) is 0 Å². The number of piperidine rings is 1. The molecule has 0 spiro atoms. The summed E-state index contributed by atoms with van der Waals surface area (Å²) in [5.41, 5.74) is 2.26. The number of likely N-dealkylation sites (tertiary alicyclic amines) is 1. The normalized spacial score (nSPS) is 17.8. The number of hydrogen-bond acceptors (Lipinski definition) is 3. The molecule has 0 amide bonds. The van der Waals surface area contributed by atoms with E-state index in [9.17, 15) is 0 Å². The summed E-state index contributed by atoms with van der Waals surface area (Å²) in [6, 6.07) is 8.84. The first kappa shape index (κ1) is 14.5. The fraction of sp³-hybridized carbons (Fsp3) is 0.625. The van der Waals surface area contributed by atoms with Crippen LogP contribution in [0, 0.1) is 0 Å². The molecule has 1 saturated heterocycles. The van der Waals surface area contributed by atoms with E-state index < -0.39 is 0 Å². The summed E-state index contributed by atoms with van der Waals surface area (Å²) in [6.45, 7) is 6.98. The molecule has 106 valence electrons. The molecular formula is C16H26N2O. The minimum atomic E-state index is 0.128. The van der Waals surface area contributed by atoms with Gasteiger partial charge in [-0.05, 0) is 50.0 Å². The van der Waals surface area contributed by atoms with Gasteiger partial charge in [-0.2, -0.15) is 0 Å². The zero-order valence-corrected chi connectivity index (χ0v) is 11.9. The van der Waals surface area contributed by atoms with Crippen molar-refractivity contribution in [1.82, 2.24) is 10.2 Å². The van der Waals surface area contributed by atoms with Crippen molar-refractivity contribution >= 4 is 0 Å². The lowest BCUT2D eigenvalue weighted by molar-refractivity contribution is 0.197. The van der Waals surface area contributed by atoms with Crippen LogP contribution in [-0.2, 0) is 13.2 Å². The predicted octanol–water partition coefficient (Wildman–Crippen LogP) is 2.14. The third-order valence-corrected chi connectivity index (χ3v) is 3.90. The maximum Gasteiger partial charge on any atom is 0.0681 e. The van der Waals surface area contributed by atoms with Crippen molar-refractivity contribution < 1.29 is 5.11 Å². The molecule has 0 unspecified atom stereocenters. The van der Waals surface area contributed by atoms with Crippen molar-refractivity contribution in [3.63, 3.8) is 0 Å². The van der Waals surface area contributed by atoms with Crippen LogP contribution in [0.1, 0.15) is 37.3 Å². The molecular weight excluding hydrogens is 236 g/mol. The van der Waals surface area contributed by atoms with Gasteiger partial charge in [0.1, 0.15) is 0 Å². The van der Waals surface area contributed by atoms with Crippen LogP contribution >= 0.6 is 0 Å². The van der Waals surface area contributed by atoms with E-state index in [1.54, 1.807) is 0 Å². The van der Waals surface area contributed by atoms with Crippen LogP contribution in [0.3, 0.4) is 0 Å². The van der Waals surface area contributed by atoms with Gasteiger partial charge in [-0.25, -0.2) is 0 Å². The van der Waals surface area contributed by atoms with Gasteiger partial charge in [-0.15, -0.1) is 0 Å². The zero-order chi connectivity index (χ0) is 13.5. The number of nitrogens with zero attached hydrogens (tertiary/aromatic N) is 1. The average Bonchev–Trinajstić information content (AvgIpc) is 2.47. The van der Waals surface area contributed by atoms with E-state index in [4.69, 9.17) is 5.11 Å². The highest BCUT2D eigenvalue weighted by Crippen LogP contribution is 2.12. The van der Waals surface area contributed by atoms with E-state index in [-0.39, 0.29) is 6.61 Å². The monoisotopic (exact) mass is 262 g/mol. The Kier molecular flexibility index (Phi) is 5.83. The Labute approximate surface area is 116 Å². The SMILES string of the molecule is CCCN1CCC(NCc2cccc(CO)c2)CC1. The molecule has 1 aliphatic rings. The molecule has 1 aromatic carbocycles. The molecule has 1 aromatic rings. The van der Waals surface area contributed by atoms with Gasteiger partial charge in [0.15, 0.2) is 0 Å². The molecule has 0 atom stereocenters. The molecule has 0 bridgehead atoms. The van der Waals surface area contributed by atoms with Gasteiger partial charge < -0.3 is 15.3 Å². The van der Waals surface area contributed by atoms with Crippen LogP contribution in [0.5, 0.6) is 0 Å². The van der Waals surface area contributed by atoms with Gasteiger partial charge in [-0.1, -0.05) is 31.2 Å². The number of nitrogens with one attached hydrogen (secondary N) is 1. The summed E-state index contributed by atoms with van der Waals surface area (Å²) < 4.78 is 0. The highest BCUT2D eigenvalue weighted by molar-refractivity contribution is 5.22. The predicted molar refractivity (Wildman–Crippen MR) is 79.0 cm³/mol. The van der Waals surface area contributed by atoms with Crippen LogP contribution in [-0.4, -0.2) is 35.7 Å². The summed E-state index contributed by atoms with van der Waals surface area (Å²) >= 11 is 0. The lowest BCUT2D eigenvalue weighted by atomic mass is 10.0. The van der Waals surface area contributed by atoms with Gasteiger partial charge in [0, 0.05) is 12.6 Å². The Hall–Kier alpha value is -0.900. The second-order valence-corrected chi connectivity index (χ2v) is 5.47. The van der Waals surface area contributed by atoms with Crippen LogP contribution in [0.4, 0.5) is 0 Å². The van der Waals surface area contributed by atoms with Crippen molar-refractivity contribution in [2.75, 3.05) is 19.6 Å². The lowest BCUT2D eigenvalue weighted by Crippen LogP contribution is -2.42. The highest BCUT2D eigenvalue weighted by atomic mass is 16.3. The summed E-state index contributed by atoms with van der Waals surface area (Å²) in [5.74, 6) is 0. The van der Waals surface area contributed by atoms with Crippen molar-refractivity contribution in [1.29, 1.82) is 0 Å². The largest absolute Gasteiger partial charge is 0.392 e. The first-order valence-electron chi connectivity index (χ1n) is 7.46. The number of aliphatic hydroxyl groups excluding tert-OH is 1. The number of aliphatic hydroxyl groups is 1. The van der Waals surface area contributed by atoms with Crippen molar-refractivity contribution in [2.45, 2.75) is 45.4 Å². The standard InChI is InChI=1S/C16H26N2O/c1-2-8-18-9-6-16(7-10-18)17-12-14-4-3-5-15(11-14)13-19/h3-5,11,16-17,19H,2,6-10,12-13H2,1H3. The molecule has 0 saturated carbocycles. The van der Waals surface area contributed by atoms with Crippen LogP contribution in [0.15, 0.2) is 24.3 Å². The first-order valence-corrected chi connectivity index (χ1v) is 7.46. The average molecular weight is 262 g/mol. The van der Waals surface area contributed by atoms with Crippen molar-refractivity contribution in [2.24, 2.45) is 0 Å². The quantitative estimate of drug-likeness (QED) is 0.824. The molecule has 0 aromatic heterocycles. The zero-order valence-electron chi connectivity index (χ0n) is 11.9. The Morgan fingerprint density at radius 1 is 1.26 bits per heavy atom. The van der Waals surface area contributed by atoms with Gasteiger partial charge in [0.05, 0.1) is 6.61 Å². The fourth-order valence-corrected chi connectivity index (χ4v) is 2.78. The minimum absolute atomic E-state index is 0.128. The maximum atomic E-state index is 9.13. The molecule has 2 rings (SSSR count). The van der Waals surface area contributed by atoms with Crippen LogP contribution < -0.4 is 5.32 Å². The maximum absolute atomic E-state index is 9.13. The van der Waals surface area contributed by atoms with E-state index in [2.05, 4.69) is 29.3 Å². The third kappa shape index (κ3) is 4.60. The van der Waals surface area contributed by atoms with Crippen molar-refractivity contribution in [3.05, 3.63) is 35.4 Å². The Bertz CT molecular complexity index is 373. The summed E-state index contributed by atoms with van der Waals surface area (Å²) in [4.78, 5) is 2.56. The molecule has 1 heterocycles. The summed E-state index contributed by atoms with van der Waals surface area (Å²) in [5, 5.41) is 12.8. The second-order valence-electron chi connectivity index (χ2n) is 5.47. The van der Waals surface area contributed by atoms with E-state index in [0.717, 1.165) is 12.1 Å². The van der Waals surface area contributed by atoms with E-state index in [0.29, 0.717) is 6.04 Å². The number of rotatable bonds is 6. The summed E-state index contributed by atoms with van der Waals surface area (Å²) in [6.07, 6.45) is 3.76. The number of benzene rings is 1. The van der Waals surface area contributed by atoms with Crippen LogP contribution in [0.25, 0.3) is 0 Å². The molecule has 0 aliphatic carbocycles. The molecule has 2 N–H and O–H groups in total. The number of hydrogen-bond donors (Lipinski definition) is 2. The van der Waals surface area contributed by atoms with Gasteiger partial charge in [-0.3, -0.25) is 0 Å². The van der Waals surface area contributed by atoms with E-state index in [1.165, 1.54) is 44.5 Å². The van der Waals surface area contributed by atoms with E-state index in [1.807, 2.05) is 12.1 Å². The van der Waals surface area contributed by atoms with Gasteiger partial charge in [0.25, 0.3) is 0 Å². The smallest absolute Gasteiger partial charge is 0.0681 e. The van der Waals surface area contributed by atoms with Crippen molar-refractivity contribution in [3.8, 4) is 0 Å². The minimum Gasteiger partial charge on any atom is -0.392 e. The second kappa shape index (κ2) is 7.63. The summed E-state index contributed by atoms with van der Waals surface area (Å²) in [7, 11) is 0. The Morgan fingerprint density at radius 2 is 2.00 bits per heavy atom. The highest BCUT2D eigenvalue weighted by Gasteiger charge is 2.17. The topological polar surface area (TPSA) is 35.5 Å². The van der Waals surface area contributed by atoms with Gasteiger partial charge >= 0.3 is 0 Å². The molecule has 1 fully saturated rings. The first-order chi connectivity index (χ1) is 9.31. The molecule has 1 aliphatic heterocycles. The lowest BCUT2D eigenvalue weighted by Gasteiger charge is -2.32. The fourth-order valence-electron chi connectivity index (χ4n) is 2.78. The molecule has 19 heavy (non-hydrogen) atoms. The Morgan fingerprint density at radius 3 is 2.68 bits per heavy atom. The van der Waals surface area contributed by atoms with Crippen LogP contribution in [0.2, 0.25) is 0 Å². The third-order valence-electron chi connectivity index (χ3n) is 3.90. The molecule has 0 radical (unpaired) electrons. The van der Waals surface area contributed by atoms with E-state index >= 15 is 0 Å².